The van der Waals surface area contributed by atoms with E-state index in [1.165, 1.54) is 5.41 Å². The van der Waals surface area contributed by atoms with Gasteiger partial charge in [-0.3, -0.25) is 5.04 Å². The van der Waals surface area contributed by atoms with E-state index >= 15 is 0 Å². The molecule has 0 amide bonds. The van der Waals surface area contributed by atoms with Crippen molar-refractivity contribution in [2.45, 2.75) is 0 Å². The third kappa shape index (κ3) is 10.5. The minimum Gasteiger partial charge on any atom is -0.748 e. The Morgan fingerprint density at radius 1 is 1.26 bits per heavy atom. The van der Waals surface area contributed by atoms with Gasteiger partial charge in [-0.25, -0.2) is 8.42 Å². The molecule has 0 fully saturated rings. The molecule has 0 N–H and O–H groups in total. The molecule has 94 valence electrons. The van der Waals surface area contributed by atoms with E-state index in [2.05, 4.69) is 9.37 Å². The van der Waals surface area contributed by atoms with E-state index in [0.29, 0.717) is 17.6 Å². The van der Waals surface area contributed by atoms with Crippen LogP contribution in [-0.4, -0.2) is 18.7 Å². The van der Waals surface area contributed by atoms with Crippen molar-refractivity contribution in [1.29, 1.82) is 0 Å². The van der Waals surface area contributed by atoms with Crippen LogP contribution in [0.1, 0.15) is 5.56 Å². The molecule has 0 aromatic heterocycles. The predicted octanol–water partition coefficient (Wildman–Crippen LogP) is -5.55. The van der Waals surface area contributed by atoms with Gasteiger partial charge in [0.15, 0.2) is 0 Å². The van der Waals surface area contributed by atoms with Crippen LogP contribution in [0.3, 0.4) is 0 Å². The zero-order valence-electron chi connectivity index (χ0n) is 10.4. The largest absolute Gasteiger partial charge is 1.00 e. The van der Waals surface area contributed by atoms with E-state index in [-0.39, 0.29) is 64.7 Å². The minimum atomic E-state index is -4.41. The first-order valence-electron chi connectivity index (χ1n) is 4.33. The van der Waals surface area contributed by atoms with Crippen LogP contribution in [0.4, 0.5) is 0 Å². The number of rotatable bonds is 6. The van der Waals surface area contributed by atoms with Crippen LogP contribution in [0.25, 0.3) is 5.57 Å². The van der Waals surface area contributed by atoms with Crippen molar-refractivity contribution in [3.63, 3.8) is 0 Å². The van der Waals surface area contributed by atoms with Crippen LogP contribution in [0.5, 0.6) is 0 Å². The van der Waals surface area contributed by atoms with E-state index in [1.54, 1.807) is 30.3 Å². The zero-order chi connectivity index (χ0) is 12.7. The number of hydrogen-bond donors (Lipinski definition) is 0. The SMILES string of the molecule is O=S(=O)([O-])C/C(=C/SOO[O-])c1ccccc1.[Na+].[Na+]. The fraction of sp³-hybridized carbons (Fsp3) is 0.111. The second-order valence-electron chi connectivity index (χ2n) is 2.94. The molecule has 0 bridgehead atoms. The molecule has 0 saturated carbocycles. The van der Waals surface area contributed by atoms with Crippen molar-refractivity contribution in [2.24, 2.45) is 0 Å². The molecule has 1 aromatic rings. The van der Waals surface area contributed by atoms with Crippen molar-refractivity contribution in [1.82, 2.24) is 0 Å². The van der Waals surface area contributed by atoms with Gasteiger partial charge < -0.3 is 9.81 Å². The Kier molecular flexibility index (Phi) is 13.8. The van der Waals surface area contributed by atoms with Crippen LogP contribution in [0, 0.1) is 0 Å². The Morgan fingerprint density at radius 3 is 2.32 bits per heavy atom. The smallest absolute Gasteiger partial charge is 0.748 e. The van der Waals surface area contributed by atoms with E-state index in [0.717, 1.165) is 0 Å². The average Bonchev–Trinajstić information content (AvgIpc) is 2.28. The summed E-state index contributed by atoms with van der Waals surface area (Å²) in [7, 11) is -4.41. The van der Waals surface area contributed by atoms with Gasteiger partial charge in [0, 0.05) is 5.41 Å². The van der Waals surface area contributed by atoms with Gasteiger partial charge in [0.25, 0.3) is 0 Å². The summed E-state index contributed by atoms with van der Waals surface area (Å²) in [6.07, 6.45) is 0. The van der Waals surface area contributed by atoms with E-state index in [9.17, 15) is 18.2 Å². The Bertz CT molecular complexity index is 477. The molecule has 6 nitrogen and oxygen atoms in total. The van der Waals surface area contributed by atoms with Crippen molar-refractivity contribution < 1.29 is 86.7 Å². The molecule has 10 heteroatoms. The Labute approximate surface area is 160 Å². The summed E-state index contributed by atoms with van der Waals surface area (Å²) >= 11 is 0.497. The van der Waals surface area contributed by atoms with Gasteiger partial charge in [0.1, 0.15) is 0 Å². The molecule has 0 saturated heterocycles. The first kappa shape index (κ1) is 22.4. The normalized spacial score (nSPS) is 11.4. The second kappa shape index (κ2) is 11.7. The average molecular weight is 322 g/mol. The fourth-order valence-corrected chi connectivity index (χ4v) is 2.27. The number of hydrogen-bond acceptors (Lipinski definition) is 7. The van der Waals surface area contributed by atoms with Gasteiger partial charge in [-0.1, -0.05) is 30.3 Å². The minimum absolute atomic E-state index is 0. The van der Waals surface area contributed by atoms with Crippen LogP contribution in [-0.2, 0) is 19.5 Å². The summed E-state index contributed by atoms with van der Waals surface area (Å²) in [5, 5.41) is 13.9. The van der Waals surface area contributed by atoms with Crippen molar-refractivity contribution >= 4 is 27.7 Å². The molecule has 19 heavy (non-hydrogen) atoms. The first-order valence-corrected chi connectivity index (χ1v) is 6.71. The maximum Gasteiger partial charge on any atom is 1.00 e. The van der Waals surface area contributed by atoms with Crippen LogP contribution >= 0.6 is 12.0 Å². The molecule has 0 spiro atoms. The van der Waals surface area contributed by atoms with Crippen LogP contribution in [0.2, 0.25) is 0 Å². The molecular formula is C9H8Na2O6S2. The molecule has 1 aromatic carbocycles. The maximum atomic E-state index is 10.7. The maximum absolute atomic E-state index is 10.7. The Hall–Kier alpha value is 1.10. The van der Waals surface area contributed by atoms with Crippen molar-refractivity contribution in [3.05, 3.63) is 41.3 Å². The van der Waals surface area contributed by atoms with E-state index in [1.807, 2.05) is 0 Å². The third-order valence-electron chi connectivity index (χ3n) is 1.73. The van der Waals surface area contributed by atoms with Crippen molar-refractivity contribution in [3.8, 4) is 0 Å². The first-order chi connectivity index (χ1) is 8.03. The Morgan fingerprint density at radius 2 is 1.84 bits per heavy atom. The summed E-state index contributed by atoms with van der Waals surface area (Å²) in [5.41, 5.74) is 0.775. The monoisotopic (exact) mass is 322 g/mol. The molecule has 0 aliphatic heterocycles. The van der Waals surface area contributed by atoms with Gasteiger partial charge in [-0.15, -0.1) is 0 Å². The summed E-state index contributed by atoms with van der Waals surface area (Å²) in [6.45, 7) is 0. The molecule has 0 aliphatic carbocycles. The number of benzene rings is 1. The molecule has 0 unspecified atom stereocenters. The summed E-state index contributed by atoms with van der Waals surface area (Å²) in [4.78, 5) is 0. The third-order valence-corrected chi connectivity index (χ3v) is 2.91. The van der Waals surface area contributed by atoms with Crippen molar-refractivity contribution in [2.75, 3.05) is 5.75 Å². The quantitative estimate of drug-likeness (QED) is 0.129. The molecule has 0 radical (unpaired) electrons. The second-order valence-corrected chi connectivity index (χ2v) is 4.91. The van der Waals surface area contributed by atoms with Gasteiger partial charge >= 0.3 is 59.1 Å². The summed E-state index contributed by atoms with van der Waals surface area (Å²) in [6, 6.07) is 8.40. The van der Waals surface area contributed by atoms with Gasteiger partial charge in [-0.05, 0) is 11.1 Å². The van der Waals surface area contributed by atoms with Crippen LogP contribution in [0.15, 0.2) is 35.7 Å². The molecular weight excluding hydrogens is 314 g/mol. The predicted molar refractivity (Wildman–Crippen MR) is 58.7 cm³/mol. The Balaban J connectivity index is 0. The van der Waals surface area contributed by atoms with Gasteiger partial charge in [-0.2, -0.15) is 4.33 Å². The zero-order valence-corrected chi connectivity index (χ0v) is 16.1. The standard InChI is InChI=1S/C9H10O6S2.2Na/c10-14-15-16-6-9(7-17(11,12)13)8-4-2-1-3-5-8;;/h1-6,10H,7H2,(H,11,12,13);;/q;2*+1/p-2/b9-6-;;. The van der Waals surface area contributed by atoms with Crippen LogP contribution < -0.4 is 64.4 Å². The van der Waals surface area contributed by atoms with E-state index < -0.39 is 15.9 Å². The summed E-state index contributed by atoms with van der Waals surface area (Å²) < 4.78 is 36.1. The fourth-order valence-electron chi connectivity index (χ4n) is 1.12. The molecule has 1 rings (SSSR count). The van der Waals surface area contributed by atoms with Gasteiger partial charge in [0.05, 0.1) is 27.9 Å². The topological polar surface area (TPSA) is 98.7 Å². The molecule has 0 atom stereocenters. The molecule has 0 heterocycles. The molecule has 0 aliphatic rings. The summed E-state index contributed by atoms with van der Waals surface area (Å²) in [5.74, 6) is -0.688. The van der Waals surface area contributed by atoms with Gasteiger partial charge in [0.2, 0.25) is 0 Å². The van der Waals surface area contributed by atoms with E-state index in [4.69, 9.17) is 0 Å².